The summed E-state index contributed by atoms with van der Waals surface area (Å²) in [5, 5.41) is 11.2. The summed E-state index contributed by atoms with van der Waals surface area (Å²) in [4.78, 5) is 25.0. The molecule has 0 spiro atoms. The number of ether oxygens (including phenoxy) is 2. The number of esters is 1. The number of hydrogen-bond acceptors (Lipinski definition) is 6. The second kappa shape index (κ2) is 8.69. The van der Waals surface area contributed by atoms with Gasteiger partial charge in [-0.05, 0) is 36.6 Å². The molecular weight excluding hydrogens is 367 g/mol. The lowest BCUT2D eigenvalue weighted by atomic mass is 9.96. The predicted molar refractivity (Wildman–Crippen MR) is 101 cm³/mol. The summed E-state index contributed by atoms with van der Waals surface area (Å²) in [7, 11) is 1.38. The number of nitrogens with zero attached hydrogens (tertiary/aromatic N) is 2. The number of nitro benzene ring substituents is 1. The van der Waals surface area contributed by atoms with Gasteiger partial charge in [-0.15, -0.1) is 0 Å². The van der Waals surface area contributed by atoms with Gasteiger partial charge in [-0.2, -0.15) is 0 Å². The minimum atomic E-state index is -0.506. The highest BCUT2D eigenvalue weighted by atomic mass is 19.1. The first-order valence-corrected chi connectivity index (χ1v) is 8.97. The molecule has 1 fully saturated rings. The second-order valence-corrected chi connectivity index (χ2v) is 6.58. The molecule has 1 saturated heterocycles. The van der Waals surface area contributed by atoms with Crippen molar-refractivity contribution in [2.24, 2.45) is 5.92 Å². The number of halogens is 1. The van der Waals surface area contributed by atoms with Crippen LogP contribution in [0.25, 0.3) is 0 Å². The molecule has 0 aliphatic carbocycles. The molecule has 1 aliphatic rings. The van der Waals surface area contributed by atoms with Crippen molar-refractivity contribution in [3.05, 3.63) is 64.0 Å². The molecule has 148 valence electrons. The average molecular weight is 388 g/mol. The van der Waals surface area contributed by atoms with Crippen LogP contribution in [0, 0.1) is 21.8 Å². The molecule has 8 heteroatoms. The van der Waals surface area contributed by atoms with Gasteiger partial charge in [0, 0.05) is 19.2 Å². The fraction of sp³-hybridized carbons (Fsp3) is 0.350. The number of para-hydroxylation sites is 2. The molecule has 0 saturated carbocycles. The van der Waals surface area contributed by atoms with E-state index in [0.717, 1.165) is 0 Å². The summed E-state index contributed by atoms with van der Waals surface area (Å²) in [5.74, 6) is -0.980. The molecular formula is C20H21FN2O5. The van der Waals surface area contributed by atoms with Crippen LogP contribution in [0.1, 0.15) is 18.4 Å². The highest BCUT2D eigenvalue weighted by Crippen LogP contribution is 2.31. The molecule has 1 heterocycles. The van der Waals surface area contributed by atoms with E-state index in [1.54, 1.807) is 24.3 Å². The topological polar surface area (TPSA) is 81.9 Å². The van der Waals surface area contributed by atoms with Gasteiger partial charge in [0.25, 0.3) is 5.69 Å². The van der Waals surface area contributed by atoms with Gasteiger partial charge in [-0.25, -0.2) is 4.39 Å². The lowest BCUT2D eigenvalue weighted by molar-refractivity contribution is -0.384. The van der Waals surface area contributed by atoms with Crippen molar-refractivity contribution in [1.29, 1.82) is 0 Å². The lowest BCUT2D eigenvalue weighted by Gasteiger charge is -2.32. The summed E-state index contributed by atoms with van der Waals surface area (Å²) in [6.45, 7) is 1.05. The van der Waals surface area contributed by atoms with E-state index in [2.05, 4.69) is 0 Å². The van der Waals surface area contributed by atoms with Gasteiger partial charge in [0.2, 0.25) is 0 Å². The maximum atomic E-state index is 13.7. The van der Waals surface area contributed by atoms with Crippen LogP contribution in [0.2, 0.25) is 0 Å². The number of carbonyl (C=O) groups is 1. The summed E-state index contributed by atoms with van der Waals surface area (Å²) < 4.78 is 23.9. The standard InChI is InChI=1S/C20H21FN2O5/c1-27-19-7-6-14(12-16(19)21)13-28-20(24)15-8-10-22(11-9-15)17-4-2-3-5-18(17)23(25)26/h2-7,12,15H,8-11,13H2,1H3. The van der Waals surface area contributed by atoms with Gasteiger partial charge in [0.15, 0.2) is 11.6 Å². The predicted octanol–water partition coefficient (Wildman–Crippen LogP) is 3.70. The number of carbonyl (C=O) groups excluding carboxylic acids is 1. The van der Waals surface area contributed by atoms with Crippen molar-refractivity contribution in [2.45, 2.75) is 19.4 Å². The minimum absolute atomic E-state index is 0.00980. The number of hydrogen-bond donors (Lipinski definition) is 0. The third kappa shape index (κ3) is 4.39. The normalized spacial score (nSPS) is 14.6. The maximum absolute atomic E-state index is 13.7. The Morgan fingerprint density at radius 3 is 2.61 bits per heavy atom. The van der Waals surface area contributed by atoms with Crippen LogP contribution >= 0.6 is 0 Å². The first kappa shape index (κ1) is 19.6. The van der Waals surface area contributed by atoms with Crippen molar-refractivity contribution in [3.63, 3.8) is 0 Å². The van der Waals surface area contributed by atoms with Gasteiger partial charge in [-0.3, -0.25) is 14.9 Å². The Balaban J connectivity index is 1.54. The Morgan fingerprint density at radius 1 is 1.25 bits per heavy atom. The van der Waals surface area contributed by atoms with E-state index in [0.29, 0.717) is 37.2 Å². The Bertz CT molecular complexity index is 865. The van der Waals surface area contributed by atoms with Crippen molar-refractivity contribution in [2.75, 3.05) is 25.1 Å². The molecule has 0 unspecified atom stereocenters. The molecule has 0 bridgehead atoms. The smallest absolute Gasteiger partial charge is 0.309 e. The van der Waals surface area contributed by atoms with E-state index in [4.69, 9.17) is 9.47 Å². The van der Waals surface area contributed by atoms with E-state index in [9.17, 15) is 19.3 Å². The number of rotatable bonds is 6. The van der Waals surface area contributed by atoms with E-state index >= 15 is 0 Å². The van der Waals surface area contributed by atoms with Gasteiger partial charge in [0.1, 0.15) is 12.3 Å². The van der Waals surface area contributed by atoms with Gasteiger partial charge < -0.3 is 14.4 Å². The van der Waals surface area contributed by atoms with Crippen molar-refractivity contribution in [3.8, 4) is 5.75 Å². The molecule has 7 nitrogen and oxygen atoms in total. The largest absolute Gasteiger partial charge is 0.494 e. The summed E-state index contributed by atoms with van der Waals surface area (Å²) in [6.07, 6.45) is 1.09. The third-order valence-corrected chi connectivity index (χ3v) is 4.84. The van der Waals surface area contributed by atoms with Crippen LogP contribution in [0.5, 0.6) is 5.75 Å². The van der Waals surface area contributed by atoms with Crippen LogP contribution < -0.4 is 9.64 Å². The first-order valence-electron chi connectivity index (χ1n) is 8.97. The Morgan fingerprint density at radius 2 is 1.96 bits per heavy atom. The SMILES string of the molecule is COc1ccc(COC(=O)C2CCN(c3ccccc3[N+](=O)[O-])CC2)cc1F. The van der Waals surface area contributed by atoms with Crippen molar-refractivity contribution >= 4 is 17.3 Å². The molecule has 0 amide bonds. The van der Waals surface area contributed by atoms with Gasteiger partial charge in [0.05, 0.1) is 18.0 Å². The quantitative estimate of drug-likeness (QED) is 0.426. The van der Waals surface area contributed by atoms with E-state index in [1.807, 2.05) is 4.90 Å². The maximum Gasteiger partial charge on any atom is 0.309 e. The van der Waals surface area contributed by atoms with E-state index < -0.39 is 10.7 Å². The Labute approximate surface area is 161 Å². The van der Waals surface area contributed by atoms with Crippen LogP contribution in [-0.4, -0.2) is 31.1 Å². The number of methoxy groups -OCH3 is 1. The minimum Gasteiger partial charge on any atom is -0.494 e. The average Bonchev–Trinajstić information content (AvgIpc) is 2.72. The molecule has 0 atom stereocenters. The molecule has 0 radical (unpaired) electrons. The zero-order valence-electron chi connectivity index (χ0n) is 15.5. The molecule has 0 aromatic heterocycles. The van der Waals surface area contributed by atoms with Crippen molar-refractivity contribution in [1.82, 2.24) is 0 Å². The number of benzene rings is 2. The molecule has 1 aliphatic heterocycles. The van der Waals surface area contributed by atoms with Crippen LogP contribution in [0.15, 0.2) is 42.5 Å². The van der Waals surface area contributed by atoms with Gasteiger partial charge >= 0.3 is 5.97 Å². The number of piperidine rings is 1. The van der Waals surface area contributed by atoms with E-state index in [-0.39, 0.29) is 29.9 Å². The molecule has 28 heavy (non-hydrogen) atoms. The molecule has 2 aromatic rings. The highest BCUT2D eigenvalue weighted by molar-refractivity contribution is 5.73. The second-order valence-electron chi connectivity index (χ2n) is 6.58. The zero-order valence-corrected chi connectivity index (χ0v) is 15.5. The van der Waals surface area contributed by atoms with Gasteiger partial charge in [-0.1, -0.05) is 18.2 Å². The lowest BCUT2D eigenvalue weighted by Crippen LogP contribution is -2.37. The number of nitro groups is 1. The number of anilines is 1. The first-order chi connectivity index (χ1) is 13.5. The molecule has 3 rings (SSSR count). The molecule has 0 N–H and O–H groups in total. The highest BCUT2D eigenvalue weighted by Gasteiger charge is 2.29. The van der Waals surface area contributed by atoms with Crippen LogP contribution in [-0.2, 0) is 16.1 Å². The van der Waals surface area contributed by atoms with Crippen LogP contribution in [0.3, 0.4) is 0 Å². The fourth-order valence-electron chi connectivity index (χ4n) is 3.31. The Kier molecular flexibility index (Phi) is 6.08. The van der Waals surface area contributed by atoms with Crippen LogP contribution in [0.4, 0.5) is 15.8 Å². The van der Waals surface area contributed by atoms with E-state index in [1.165, 1.54) is 25.3 Å². The monoisotopic (exact) mass is 388 g/mol. The summed E-state index contributed by atoms with van der Waals surface area (Å²) in [6, 6.07) is 11.0. The summed E-state index contributed by atoms with van der Waals surface area (Å²) in [5.41, 5.74) is 1.17. The Hall–Kier alpha value is -3.16. The third-order valence-electron chi connectivity index (χ3n) is 4.84. The fourth-order valence-corrected chi connectivity index (χ4v) is 3.31. The zero-order chi connectivity index (χ0) is 20.1. The molecule has 2 aromatic carbocycles. The summed E-state index contributed by atoms with van der Waals surface area (Å²) >= 11 is 0. The van der Waals surface area contributed by atoms with Crippen molar-refractivity contribution < 1.29 is 23.6 Å².